The molecule has 1 fully saturated rings. The molecular weight excluding hydrogens is 232 g/mol. The number of hydrogen-bond donors (Lipinski definition) is 2. The molecule has 94 valence electrons. The molecule has 2 unspecified atom stereocenters. The zero-order valence-electron chi connectivity index (χ0n) is 10.4. The van der Waals surface area contributed by atoms with Gasteiger partial charge in [0.15, 0.2) is 0 Å². The van der Waals surface area contributed by atoms with Gasteiger partial charge in [-0.1, -0.05) is 6.42 Å². The average molecular weight is 252 g/mol. The van der Waals surface area contributed by atoms with Crippen LogP contribution < -0.4 is 15.8 Å². The fraction of sp³-hybridized carbons (Fsp3) is 0.538. The van der Waals surface area contributed by atoms with Crippen molar-refractivity contribution >= 4 is 23.1 Å². The highest BCUT2D eigenvalue weighted by molar-refractivity contribution is 7.99. The van der Waals surface area contributed by atoms with Crippen molar-refractivity contribution in [3.05, 3.63) is 18.2 Å². The molecule has 0 bridgehead atoms. The lowest BCUT2D eigenvalue weighted by molar-refractivity contribution is 0.417. The lowest BCUT2D eigenvalue weighted by atomic mass is 10.2. The Balaban J connectivity index is 2.08. The first kappa shape index (κ1) is 12.4. The van der Waals surface area contributed by atoms with Crippen LogP contribution in [0.5, 0.6) is 5.75 Å². The van der Waals surface area contributed by atoms with Gasteiger partial charge in [-0.25, -0.2) is 0 Å². The summed E-state index contributed by atoms with van der Waals surface area (Å²) in [4.78, 5) is 0. The van der Waals surface area contributed by atoms with E-state index in [1.165, 1.54) is 19.3 Å². The molecule has 0 aliphatic heterocycles. The van der Waals surface area contributed by atoms with E-state index < -0.39 is 0 Å². The van der Waals surface area contributed by atoms with Gasteiger partial charge in [0.25, 0.3) is 0 Å². The van der Waals surface area contributed by atoms with Crippen molar-refractivity contribution < 1.29 is 4.74 Å². The first-order chi connectivity index (χ1) is 8.24. The smallest absolute Gasteiger partial charge is 0.143 e. The number of nitrogens with two attached hydrogens (primary N) is 1. The molecule has 2 atom stereocenters. The monoisotopic (exact) mass is 252 g/mol. The molecule has 0 radical (unpaired) electrons. The van der Waals surface area contributed by atoms with Gasteiger partial charge < -0.3 is 15.8 Å². The van der Waals surface area contributed by atoms with Gasteiger partial charge in [-0.3, -0.25) is 0 Å². The second kappa shape index (κ2) is 5.54. The van der Waals surface area contributed by atoms with Gasteiger partial charge in [0.1, 0.15) is 5.75 Å². The SMILES string of the molecule is COc1cc(NC2CCCC2SC)ccc1N. The number of ether oxygens (including phenoxy) is 1. The number of rotatable bonds is 4. The molecule has 0 aromatic heterocycles. The van der Waals surface area contributed by atoms with Gasteiger partial charge in [0.05, 0.1) is 12.8 Å². The lowest BCUT2D eigenvalue weighted by Gasteiger charge is -2.21. The Morgan fingerprint density at radius 1 is 1.41 bits per heavy atom. The zero-order valence-corrected chi connectivity index (χ0v) is 11.2. The van der Waals surface area contributed by atoms with Crippen LogP contribution in [0.1, 0.15) is 19.3 Å². The molecule has 0 saturated heterocycles. The molecule has 2 rings (SSSR count). The maximum atomic E-state index is 5.80. The van der Waals surface area contributed by atoms with Crippen molar-refractivity contribution in [2.75, 3.05) is 24.4 Å². The van der Waals surface area contributed by atoms with E-state index in [0.717, 1.165) is 16.7 Å². The second-order valence-electron chi connectivity index (χ2n) is 4.41. The minimum absolute atomic E-state index is 0.568. The van der Waals surface area contributed by atoms with Crippen LogP contribution in [0.25, 0.3) is 0 Å². The Hall–Kier alpha value is -1.03. The van der Waals surface area contributed by atoms with Gasteiger partial charge in [-0.05, 0) is 31.2 Å². The number of thioether (sulfide) groups is 1. The van der Waals surface area contributed by atoms with E-state index in [9.17, 15) is 0 Å². The predicted molar refractivity (Wildman–Crippen MR) is 76.0 cm³/mol. The molecule has 1 aromatic carbocycles. The van der Waals surface area contributed by atoms with E-state index in [2.05, 4.69) is 11.6 Å². The molecule has 3 nitrogen and oxygen atoms in total. The summed E-state index contributed by atoms with van der Waals surface area (Å²) in [5, 5.41) is 4.31. The number of anilines is 2. The summed E-state index contributed by atoms with van der Waals surface area (Å²) in [7, 11) is 1.65. The fourth-order valence-electron chi connectivity index (χ4n) is 2.39. The first-order valence-electron chi connectivity index (χ1n) is 5.97. The summed E-state index contributed by atoms with van der Waals surface area (Å²) in [5.74, 6) is 0.744. The Kier molecular flexibility index (Phi) is 4.05. The Morgan fingerprint density at radius 3 is 2.94 bits per heavy atom. The summed E-state index contributed by atoms with van der Waals surface area (Å²) < 4.78 is 5.23. The Labute approximate surface area is 107 Å². The van der Waals surface area contributed by atoms with Crippen molar-refractivity contribution in [2.24, 2.45) is 0 Å². The van der Waals surface area contributed by atoms with Gasteiger partial charge in [0.2, 0.25) is 0 Å². The van der Waals surface area contributed by atoms with Crippen LogP contribution in [0.2, 0.25) is 0 Å². The summed E-state index contributed by atoms with van der Waals surface area (Å²) in [6.45, 7) is 0. The van der Waals surface area contributed by atoms with E-state index in [0.29, 0.717) is 11.7 Å². The van der Waals surface area contributed by atoms with Crippen LogP contribution in [0, 0.1) is 0 Å². The average Bonchev–Trinajstić information content (AvgIpc) is 2.79. The van der Waals surface area contributed by atoms with Crippen molar-refractivity contribution in [3.63, 3.8) is 0 Å². The topological polar surface area (TPSA) is 47.3 Å². The molecular formula is C13H20N2OS. The van der Waals surface area contributed by atoms with E-state index in [-0.39, 0.29) is 0 Å². The molecule has 4 heteroatoms. The number of methoxy groups -OCH3 is 1. The Morgan fingerprint density at radius 2 is 2.24 bits per heavy atom. The number of nitrogens with one attached hydrogen (secondary N) is 1. The van der Waals surface area contributed by atoms with Crippen molar-refractivity contribution in [2.45, 2.75) is 30.6 Å². The fourth-order valence-corrected chi connectivity index (χ4v) is 3.32. The largest absolute Gasteiger partial charge is 0.495 e. The Bertz CT molecular complexity index is 384. The summed E-state index contributed by atoms with van der Waals surface area (Å²) in [6, 6.07) is 6.46. The van der Waals surface area contributed by atoms with Crippen molar-refractivity contribution in [1.29, 1.82) is 0 Å². The van der Waals surface area contributed by atoms with Crippen molar-refractivity contribution in [3.8, 4) is 5.75 Å². The van der Waals surface area contributed by atoms with Crippen LogP contribution in [-0.4, -0.2) is 24.7 Å². The molecule has 1 saturated carbocycles. The van der Waals surface area contributed by atoms with Gasteiger partial charge in [-0.15, -0.1) is 0 Å². The molecule has 1 aliphatic rings. The first-order valence-corrected chi connectivity index (χ1v) is 7.26. The normalized spacial score (nSPS) is 23.6. The quantitative estimate of drug-likeness (QED) is 0.809. The second-order valence-corrected chi connectivity index (χ2v) is 5.49. The van der Waals surface area contributed by atoms with Crippen LogP contribution >= 0.6 is 11.8 Å². The van der Waals surface area contributed by atoms with E-state index in [1.807, 2.05) is 30.0 Å². The van der Waals surface area contributed by atoms with Crippen LogP contribution in [0.4, 0.5) is 11.4 Å². The van der Waals surface area contributed by atoms with Crippen LogP contribution in [0.15, 0.2) is 18.2 Å². The summed E-state index contributed by atoms with van der Waals surface area (Å²) in [5.41, 5.74) is 7.59. The number of nitrogen functional groups attached to an aromatic ring is 1. The van der Waals surface area contributed by atoms with E-state index in [4.69, 9.17) is 10.5 Å². The molecule has 0 spiro atoms. The van der Waals surface area contributed by atoms with E-state index in [1.54, 1.807) is 7.11 Å². The van der Waals surface area contributed by atoms with Gasteiger partial charge in [-0.2, -0.15) is 11.8 Å². The molecule has 17 heavy (non-hydrogen) atoms. The maximum absolute atomic E-state index is 5.80. The highest BCUT2D eigenvalue weighted by Gasteiger charge is 2.26. The highest BCUT2D eigenvalue weighted by Crippen LogP contribution is 2.32. The third kappa shape index (κ3) is 2.80. The third-order valence-corrected chi connectivity index (χ3v) is 4.51. The molecule has 1 aliphatic carbocycles. The molecule has 0 heterocycles. The van der Waals surface area contributed by atoms with Gasteiger partial charge in [0, 0.05) is 23.0 Å². The number of hydrogen-bond acceptors (Lipinski definition) is 4. The minimum Gasteiger partial charge on any atom is -0.495 e. The standard InChI is InChI=1S/C13H20N2OS/c1-16-12-8-9(6-7-10(12)14)15-11-4-3-5-13(11)17-2/h6-8,11,13,15H,3-5,14H2,1-2H3. The lowest BCUT2D eigenvalue weighted by Crippen LogP contribution is -2.25. The van der Waals surface area contributed by atoms with Crippen molar-refractivity contribution in [1.82, 2.24) is 0 Å². The summed E-state index contributed by atoms with van der Waals surface area (Å²) >= 11 is 1.95. The van der Waals surface area contributed by atoms with E-state index >= 15 is 0 Å². The van der Waals surface area contributed by atoms with Crippen LogP contribution in [0.3, 0.4) is 0 Å². The third-order valence-electron chi connectivity index (χ3n) is 3.34. The van der Waals surface area contributed by atoms with Crippen LogP contribution in [-0.2, 0) is 0 Å². The maximum Gasteiger partial charge on any atom is 0.143 e. The predicted octanol–water partition coefficient (Wildman–Crippen LogP) is 2.97. The zero-order chi connectivity index (χ0) is 12.3. The minimum atomic E-state index is 0.568. The number of benzene rings is 1. The van der Waals surface area contributed by atoms with Gasteiger partial charge >= 0.3 is 0 Å². The molecule has 1 aromatic rings. The highest BCUT2D eigenvalue weighted by atomic mass is 32.2. The summed E-state index contributed by atoms with van der Waals surface area (Å²) in [6.07, 6.45) is 6.06. The molecule has 0 amide bonds. The molecule has 3 N–H and O–H groups in total.